The Bertz CT molecular complexity index is 856. The molecule has 0 aromatic heterocycles. The smallest absolute Gasteiger partial charge is 0.451 e. The van der Waals surface area contributed by atoms with E-state index < -0.39 is 18.8 Å². The van der Waals surface area contributed by atoms with Crippen LogP contribution in [0.25, 0.3) is 0 Å². The topological polar surface area (TPSA) is 157 Å². The molecule has 11 heteroatoms. The summed E-state index contributed by atoms with van der Waals surface area (Å²) in [6.45, 7) is 2.09. The Kier molecular flexibility index (Phi) is 7.06. The predicted octanol–water partition coefficient (Wildman–Crippen LogP) is 0.000100. The van der Waals surface area contributed by atoms with Crippen LogP contribution in [0.1, 0.15) is 42.1 Å². The number of likely N-dealkylation sites (tertiary alicyclic amines) is 1. The molecule has 2 amide bonds. The van der Waals surface area contributed by atoms with Crippen LogP contribution in [0, 0.1) is 5.92 Å². The van der Waals surface area contributed by atoms with Gasteiger partial charge in [0.1, 0.15) is 23.2 Å². The zero-order chi connectivity index (χ0) is 22.7. The van der Waals surface area contributed by atoms with Gasteiger partial charge in [0.25, 0.3) is 0 Å². The normalized spacial score (nSPS) is 20.8. The molecule has 10 nitrogen and oxygen atoms in total. The van der Waals surface area contributed by atoms with Gasteiger partial charge < -0.3 is 35.2 Å². The molecule has 1 aromatic carbocycles. The Labute approximate surface area is 180 Å². The summed E-state index contributed by atoms with van der Waals surface area (Å²) >= 11 is 0. The molecule has 1 aliphatic carbocycles. The number of hydrogen-bond donors (Lipinski definition) is 5. The van der Waals surface area contributed by atoms with Crippen LogP contribution >= 0.6 is 0 Å². The largest absolute Gasteiger partial charge is 0.507 e. The van der Waals surface area contributed by atoms with Crippen molar-refractivity contribution in [3.8, 4) is 11.5 Å². The van der Waals surface area contributed by atoms with Gasteiger partial charge in [-0.05, 0) is 43.6 Å². The Morgan fingerprint density at radius 2 is 1.94 bits per heavy atom. The van der Waals surface area contributed by atoms with Crippen molar-refractivity contribution in [1.82, 2.24) is 10.2 Å². The highest BCUT2D eigenvalue weighted by atomic mass is 16.5. The van der Waals surface area contributed by atoms with Crippen molar-refractivity contribution >= 4 is 24.9 Å². The Morgan fingerprint density at radius 1 is 1.23 bits per heavy atom. The molecule has 1 heterocycles. The summed E-state index contributed by atoms with van der Waals surface area (Å²) in [5, 5.41) is 40.6. The molecule has 3 rings (SSSR count). The van der Waals surface area contributed by atoms with Crippen LogP contribution in [0.4, 0.5) is 0 Å². The van der Waals surface area contributed by atoms with Crippen LogP contribution in [0.3, 0.4) is 0 Å². The number of nitrogens with zero attached hydrogens (tertiary/aromatic N) is 1. The van der Waals surface area contributed by atoms with Gasteiger partial charge in [0.05, 0.1) is 13.1 Å². The molecule has 0 spiro atoms. The minimum absolute atomic E-state index is 0.00184. The number of carbonyl (C=O) groups is 3. The van der Waals surface area contributed by atoms with Gasteiger partial charge in [0.15, 0.2) is 0 Å². The van der Waals surface area contributed by atoms with Gasteiger partial charge in [-0.15, -0.1) is 0 Å². The number of aryl methyl sites for hydroxylation is 1. The molecule has 2 atom stereocenters. The first-order chi connectivity index (χ1) is 14.7. The van der Waals surface area contributed by atoms with Crippen molar-refractivity contribution in [1.29, 1.82) is 0 Å². The fourth-order valence-corrected chi connectivity index (χ4v) is 4.16. The number of carbonyl (C=O) groups excluding carboxylic acids is 2. The van der Waals surface area contributed by atoms with Crippen LogP contribution in [0.5, 0.6) is 11.5 Å². The van der Waals surface area contributed by atoms with Gasteiger partial charge >= 0.3 is 13.1 Å². The quantitative estimate of drug-likeness (QED) is 0.358. The number of nitrogens with one attached hydrogen (secondary N) is 1. The van der Waals surface area contributed by atoms with E-state index >= 15 is 0 Å². The van der Waals surface area contributed by atoms with Crippen molar-refractivity contribution in [2.75, 3.05) is 13.1 Å². The van der Waals surface area contributed by atoms with E-state index in [0.29, 0.717) is 25.9 Å². The van der Waals surface area contributed by atoms with Crippen molar-refractivity contribution in [3.63, 3.8) is 0 Å². The van der Waals surface area contributed by atoms with Crippen molar-refractivity contribution < 1.29 is 39.4 Å². The average molecular weight is 434 g/mol. The Balaban J connectivity index is 1.57. The lowest BCUT2D eigenvalue weighted by Gasteiger charge is -2.40. The first kappa shape index (κ1) is 22.9. The Hall–Kier alpha value is -2.79. The van der Waals surface area contributed by atoms with Gasteiger partial charge in [-0.1, -0.05) is 6.07 Å². The number of amides is 2. The molecule has 31 heavy (non-hydrogen) atoms. The summed E-state index contributed by atoms with van der Waals surface area (Å²) < 4.78 is 5.73. The van der Waals surface area contributed by atoms with E-state index in [2.05, 4.69) is 5.32 Å². The maximum Gasteiger partial charge on any atom is 0.451 e. The SMILES string of the molecule is CC(=O)N[C@@H]1CC[C@H](C(=O)N2CC(Oc3ccc(CCB(O)O)c(O)c3C(=O)O)C2)C1. The van der Waals surface area contributed by atoms with Gasteiger partial charge in [0, 0.05) is 18.9 Å². The van der Waals surface area contributed by atoms with Crippen LogP contribution < -0.4 is 10.1 Å². The highest BCUT2D eigenvalue weighted by Crippen LogP contribution is 2.35. The number of ether oxygens (including phenoxy) is 1. The first-order valence-corrected chi connectivity index (χ1v) is 10.3. The zero-order valence-electron chi connectivity index (χ0n) is 17.3. The standard InChI is InChI=1S/C20H27BN2O8/c1-11(24)22-14-4-2-13(8-14)19(26)23-9-15(10-23)31-16-5-3-12(6-7-21(29)30)18(25)17(16)20(27)28/h3,5,13-15,25,29-30H,2,4,6-10H2,1H3,(H,22,24)(H,27,28)/t13-,14+/m0/s1. The Morgan fingerprint density at radius 3 is 2.55 bits per heavy atom. The van der Waals surface area contributed by atoms with Crippen LogP contribution in [0.2, 0.25) is 6.32 Å². The molecule has 0 bridgehead atoms. The van der Waals surface area contributed by atoms with Gasteiger partial charge in [-0.2, -0.15) is 0 Å². The zero-order valence-corrected chi connectivity index (χ0v) is 17.3. The number of hydrogen-bond acceptors (Lipinski definition) is 7. The second-order valence-electron chi connectivity index (χ2n) is 8.16. The van der Waals surface area contributed by atoms with Crippen molar-refractivity contribution in [2.45, 2.75) is 51.1 Å². The molecule has 0 radical (unpaired) electrons. The van der Waals surface area contributed by atoms with E-state index in [1.54, 1.807) is 4.90 Å². The summed E-state index contributed by atoms with van der Waals surface area (Å²) in [4.78, 5) is 37.1. The maximum absolute atomic E-state index is 12.6. The lowest BCUT2D eigenvalue weighted by molar-refractivity contribution is -0.144. The van der Waals surface area contributed by atoms with Crippen LogP contribution in [-0.4, -0.2) is 75.3 Å². The fourth-order valence-electron chi connectivity index (χ4n) is 4.16. The number of phenols is 1. The molecule has 2 aliphatic rings. The number of carboxylic acids is 1. The lowest BCUT2D eigenvalue weighted by atomic mass is 9.82. The summed E-state index contributed by atoms with van der Waals surface area (Å²) in [6, 6.07) is 2.94. The second-order valence-corrected chi connectivity index (χ2v) is 8.16. The van der Waals surface area contributed by atoms with E-state index in [-0.39, 0.29) is 59.5 Å². The predicted molar refractivity (Wildman–Crippen MR) is 110 cm³/mol. The van der Waals surface area contributed by atoms with E-state index in [1.165, 1.54) is 19.1 Å². The number of carboxylic acid groups (broad SMARTS) is 1. The third-order valence-corrected chi connectivity index (χ3v) is 5.75. The molecule has 168 valence electrons. The van der Waals surface area contributed by atoms with Crippen molar-refractivity contribution in [2.24, 2.45) is 5.92 Å². The van der Waals surface area contributed by atoms with Gasteiger partial charge in [-0.25, -0.2) is 4.79 Å². The molecule has 1 saturated heterocycles. The first-order valence-electron chi connectivity index (χ1n) is 10.3. The molecular weight excluding hydrogens is 407 g/mol. The molecule has 1 saturated carbocycles. The monoisotopic (exact) mass is 434 g/mol. The third-order valence-electron chi connectivity index (χ3n) is 5.75. The average Bonchev–Trinajstić information content (AvgIpc) is 3.10. The second kappa shape index (κ2) is 9.57. The van der Waals surface area contributed by atoms with Crippen molar-refractivity contribution in [3.05, 3.63) is 23.3 Å². The number of benzene rings is 1. The molecule has 2 fully saturated rings. The van der Waals surface area contributed by atoms with E-state index in [9.17, 15) is 24.6 Å². The van der Waals surface area contributed by atoms with Gasteiger partial charge in [0.2, 0.25) is 11.8 Å². The van der Waals surface area contributed by atoms with Gasteiger partial charge in [-0.3, -0.25) is 9.59 Å². The minimum atomic E-state index is -1.56. The summed E-state index contributed by atoms with van der Waals surface area (Å²) in [5.74, 6) is -2.06. The highest BCUT2D eigenvalue weighted by Gasteiger charge is 2.39. The third kappa shape index (κ3) is 5.48. The highest BCUT2D eigenvalue weighted by molar-refractivity contribution is 6.41. The number of rotatable bonds is 8. The lowest BCUT2D eigenvalue weighted by Crippen LogP contribution is -2.57. The van der Waals surface area contributed by atoms with E-state index in [1.807, 2.05) is 0 Å². The number of aromatic hydroxyl groups is 1. The molecule has 5 N–H and O–H groups in total. The minimum Gasteiger partial charge on any atom is -0.507 e. The number of aromatic carboxylic acids is 1. The summed E-state index contributed by atoms with van der Waals surface area (Å²) in [7, 11) is -1.56. The molecular formula is C20H27BN2O8. The summed E-state index contributed by atoms with van der Waals surface area (Å²) in [6.07, 6.45) is 1.76. The van der Waals surface area contributed by atoms with E-state index in [4.69, 9.17) is 14.8 Å². The van der Waals surface area contributed by atoms with E-state index in [0.717, 1.165) is 6.42 Å². The molecule has 0 unspecified atom stereocenters. The maximum atomic E-state index is 12.6. The molecule has 1 aliphatic heterocycles. The summed E-state index contributed by atoms with van der Waals surface area (Å²) in [5.41, 5.74) is -0.109. The fraction of sp³-hybridized carbons (Fsp3) is 0.550. The van der Waals surface area contributed by atoms with Crippen LogP contribution in [0.15, 0.2) is 12.1 Å². The molecule has 1 aromatic rings. The van der Waals surface area contributed by atoms with Crippen LogP contribution in [-0.2, 0) is 16.0 Å².